The van der Waals surface area contributed by atoms with E-state index in [4.69, 9.17) is 19.7 Å². The number of aliphatic hydroxyl groups is 5. The lowest BCUT2D eigenvalue weighted by molar-refractivity contribution is -0.148. The molecule has 0 saturated carbocycles. The average Bonchev–Trinajstić information content (AvgIpc) is 2.39. The Hall–Kier alpha value is -0.280. The van der Waals surface area contributed by atoms with Crippen molar-refractivity contribution in [3.8, 4) is 0 Å². The molecular formula is C8H16O7. The van der Waals surface area contributed by atoms with Crippen molar-refractivity contribution in [1.29, 1.82) is 0 Å². The van der Waals surface area contributed by atoms with Gasteiger partial charge in [0.1, 0.15) is 37.3 Å². The van der Waals surface area contributed by atoms with Gasteiger partial charge in [-0.05, 0) is 0 Å². The van der Waals surface area contributed by atoms with Crippen molar-refractivity contribution in [2.75, 3.05) is 20.0 Å². The minimum absolute atomic E-state index is 0.277. The van der Waals surface area contributed by atoms with E-state index < -0.39 is 43.7 Å². The van der Waals surface area contributed by atoms with Crippen LogP contribution in [0.5, 0.6) is 0 Å². The minimum atomic E-state index is -1.42. The molecule has 1 aliphatic rings. The van der Waals surface area contributed by atoms with Crippen LogP contribution in [0.4, 0.5) is 0 Å². The lowest BCUT2D eigenvalue weighted by atomic mass is 10.00. The van der Waals surface area contributed by atoms with Crippen LogP contribution in [0, 0.1) is 0 Å². The third kappa shape index (κ3) is 2.85. The summed E-state index contributed by atoms with van der Waals surface area (Å²) in [5.74, 6) is 0. The van der Waals surface area contributed by atoms with Gasteiger partial charge in [0.25, 0.3) is 0 Å². The predicted molar refractivity (Wildman–Crippen MR) is 46.8 cm³/mol. The quantitative estimate of drug-likeness (QED) is 0.342. The molecule has 90 valence electrons. The summed E-state index contributed by atoms with van der Waals surface area (Å²) in [4.78, 5) is 0. The van der Waals surface area contributed by atoms with Crippen molar-refractivity contribution in [2.45, 2.75) is 30.5 Å². The molecule has 0 radical (unpaired) electrons. The summed E-state index contributed by atoms with van der Waals surface area (Å²) in [6.45, 7) is -1.34. The molecule has 5 N–H and O–H groups in total. The van der Waals surface area contributed by atoms with Gasteiger partial charge in [0.05, 0.1) is 13.2 Å². The van der Waals surface area contributed by atoms with Crippen LogP contribution in [0.3, 0.4) is 0 Å². The summed E-state index contributed by atoms with van der Waals surface area (Å²) in [6.07, 6.45) is -6.20. The Morgan fingerprint density at radius 1 is 1.13 bits per heavy atom. The van der Waals surface area contributed by atoms with Gasteiger partial charge in [0.15, 0.2) is 0 Å². The van der Waals surface area contributed by atoms with E-state index in [9.17, 15) is 15.3 Å². The van der Waals surface area contributed by atoms with E-state index in [1.54, 1.807) is 0 Å². The molecule has 1 heterocycles. The number of ether oxygens (including phenoxy) is 2. The van der Waals surface area contributed by atoms with Crippen molar-refractivity contribution in [3.63, 3.8) is 0 Å². The van der Waals surface area contributed by atoms with Crippen LogP contribution in [0.2, 0.25) is 0 Å². The first-order valence-electron chi connectivity index (χ1n) is 4.61. The fourth-order valence-electron chi connectivity index (χ4n) is 1.42. The smallest absolute Gasteiger partial charge is 0.147 e. The van der Waals surface area contributed by atoms with E-state index >= 15 is 0 Å². The van der Waals surface area contributed by atoms with Crippen LogP contribution in [0.15, 0.2) is 0 Å². The Bertz CT molecular complexity index is 188. The molecule has 1 aliphatic heterocycles. The van der Waals surface area contributed by atoms with E-state index in [0.717, 1.165) is 0 Å². The molecule has 0 aromatic rings. The van der Waals surface area contributed by atoms with E-state index in [-0.39, 0.29) is 6.79 Å². The fourth-order valence-corrected chi connectivity index (χ4v) is 1.42. The predicted octanol–water partition coefficient (Wildman–Crippen LogP) is -3.20. The maximum atomic E-state index is 9.58. The van der Waals surface area contributed by atoms with Crippen LogP contribution in [0.1, 0.15) is 0 Å². The van der Waals surface area contributed by atoms with Crippen LogP contribution in [-0.2, 0) is 9.47 Å². The van der Waals surface area contributed by atoms with E-state index in [1.165, 1.54) is 0 Å². The fraction of sp³-hybridized carbons (Fsp3) is 1.00. The molecule has 0 aliphatic carbocycles. The largest absolute Gasteiger partial charge is 0.394 e. The highest BCUT2D eigenvalue weighted by Crippen LogP contribution is 2.17. The monoisotopic (exact) mass is 224 g/mol. The Kier molecular flexibility index (Phi) is 4.87. The number of hydrogen-bond acceptors (Lipinski definition) is 7. The summed E-state index contributed by atoms with van der Waals surface area (Å²) in [6, 6.07) is 0. The van der Waals surface area contributed by atoms with Gasteiger partial charge in [0.2, 0.25) is 0 Å². The van der Waals surface area contributed by atoms with Gasteiger partial charge in [-0.3, -0.25) is 0 Å². The molecular weight excluding hydrogens is 208 g/mol. The molecule has 15 heavy (non-hydrogen) atoms. The number of aliphatic hydroxyl groups excluding tert-OH is 5. The maximum absolute atomic E-state index is 9.58. The lowest BCUT2D eigenvalue weighted by Gasteiger charge is -2.27. The maximum Gasteiger partial charge on any atom is 0.147 e. The van der Waals surface area contributed by atoms with Crippen LogP contribution in [0.25, 0.3) is 0 Å². The SMILES string of the molecule is OC[C@H](O)[C@H]1OCO[C@H](CO)[C@@H](O)[C@@H]1O. The van der Waals surface area contributed by atoms with Gasteiger partial charge in [0, 0.05) is 0 Å². The summed E-state index contributed by atoms with van der Waals surface area (Å²) in [7, 11) is 0. The van der Waals surface area contributed by atoms with Crippen molar-refractivity contribution in [3.05, 3.63) is 0 Å². The van der Waals surface area contributed by atoms with Gasteiger partial charge >= 0.3 is 0 Å². The normalized spacial score (nSPS) is 39.8. The molecule has 0 aromatic heterocycles. The van der Waals surface area contributed by atoms with Crippen LogP contribution in [-0.4, -0.2) is 76.1 Å². The molecule has 1 rings (SSSR count). The van der Waals surface area contributed by atoms with E-state index in [0.29, 0.717) is 0 Å². The first-order chi connectivity index (χ1) is 7.11. The second kappa shape index (κ2) is 5.71. The Morgan fingerprint density at radius 2 is 1.80 bits per heavy atom. The highest BCUT2D eigenvalue weighted by Gasteiger charge is 2.39. The van der Waals surface area contributed by atoms with Gasteiger partial charge in [-0.2, -0.15) is 0 Å². The van der Waals surface area contributed by atoms with Gasteiger partial charge in [-0.1, -0.05) is 0 Å². The highest BCUT2D eigenvalue weighted by molar-refractivity contribution is 4.87. The zero-order valence-corrected chi connectivity index (χ0v) is 8.06. The second-order valence-corrected chi connectivity index (χ2v) is 3.37. The Labute approximate surface area is 86.5 Å². The molecule has 0 amide bonds. The van der Waals surface area contributed by atoms with Crippen LogP contribution >= 0.6 is 0 Å². The summed E-state index contributed by atoms with van der Waals surface area (Å²) < 4.78 is 9.80. The van der Waals surface area contributed by atoms with E-state index in [2.05, 4.69) is 0 Å². The minimum Gasteiger partial charge on any atom is -0.394 e. The zero-order valence-electron chi connectivity index (χ0n) is 8.06. The molecule has 1 saturated heterocycles. The summed E-state index contributed by atoms with van der Waals surface area (Å²) in [5.41, 5.74) is 0. The number of rotatable bonds is 3. The van der Waals surface area contributed by atoms with Crippen molar-refractivity contribution in [1.82, 2.24) is 0 Å². The van der Waals surface area contributed by atoms with Gasteiger partial charge < -0.3 is 35.0 Å². The molecule has 0 unspecified atom stereocenters. The van der Waals surface area contributed by atoms with Crippen molar-refractivity contribution >= 4 is 0 Å². The molecule has 7 heteroatoms. The standard InChI is InChI=1S/C8H16O7/c9-1-4(11)8-7(13)6(12)5(2-10)14-3-15-8/h4-13H,1-3H2/t4-,5+,6+,7-,8+/m0/s1. The highest BCUT2D eigenvalue weighted by atomic mass is 16.7. The van der Waals surface area contributed by atoms with Gasteiger partial charge in [-0.15, -0.1) is 0 Å². The molecule has 0 aromatic carbocycles. The van der Waals surface area contributed by atoms with E-state index in [1.807, 2.05) is 0 Å². The number of hydrogen-bond donors (Lipinski definition) is 5. The molecule has 0 bridgehead atoms. The van der Waals surface area contributed by atoms with Crippen molar-refractivity contribution < 1.29 is 35.0 Å². The Balaban J connectivity index is 2.68. The third-order valence-corrected chi connectivity index (χ3v) is 2.36. The molecule has 1 fully saturated rings. The second-order valence-electron chi connectivity index (χ2n) is 3.37. The Morgan fingerprint density at radius 3 is 2.33 bits per heavy atom. The molecule has 7 nitrogen and oxygen atoms in total. The topological polar surface area (TPSA) is 120 Å². The van der Waals surface area contributed by atoms with Gasteiger partial charge in [-0.25, -0.2) is 0 Å². The van der Waals surface area contributed by atoms with Crippen molar-refractivity contribution in [2.24, 2.45) is 0 Å². The summed E-state index contributed by atoms with van der Waals surface area (Å²) in [5, 5.41) is 45.9. The summed E-state index contributed by atoms with van der Waals surface area (Å²) >= 11 is 0. The van der Waals surface area contributed by atoms with Crippen LogP contribution < -0.4 is 0 Å². The molecule has 5 atom stereocenters. The third-order valence-electron chi connectivity index (χ3n) is 2.36. The lowest BCUT2D eigenvalue weighted by Crippen LogP contribution is -2.49. The zero-order chi connectivity index (χ0) is 11.4. The molecule has 0 spiro atoms. The first kappa shape index (κ1) is 12.8. The first-order valence-corrected chi connectivity index (χ1v) is 4.61. The average molecular weight is 224 g/mol.